The highest BCUT2D eigenvalue weighted by Gasteiger charge is 2.15. The Labute approximate surface area is 147 Å². The zero-order valence-corrected chi connectivity index (χ0v) is 15.1. The molecule has 1 fully saturated rings. The molecular weight excluding hydrogens is 347 g/mol. The third-order valence-electron chi connectivity index (χ3n) is 3.24. The Bertz CT molecular complexity index is 441. The van der Waals surface area contributed by atoms with Gasteiger partial charge in [-0.05, 0) is 5.92 Å². The van der Waals surface area contributed by atoms with Gasteiger partial charge in [0.05, 0.1) is 13.2 Å². The van der Waals surface area contributed by atoms with Crippen molar-refractivity contribution in [3.8, 4) is 0 Å². The molecule has 9 heteroatoms. The van der Waals surface area contributed by atoms with Gasteiger partial charge in [-0.15, -0.1) is 36.2 Å². The smallest absolute Gasteiger partial charge is 0.270 e. The van der Waals surface area contributed by atoms with E-state index in [1.54, 1.807) is 5.38 Å². The summed E-state index contributed by atoms with van der Waals surface area (Å²) in [5.74, 6) is 0.291. The van der Waals surface area contributed by atoms with Crippen LogP contribution in [0.2, 0.25) is 0 Å². The van der Waals surface area contributed by atoms with Gasteiger partial charge in [-0.2, -0.15) is 0 Å². The summed E-state index contributed by atoms with van der Waals surface area (Å²) in [7, 11) is 0. The zero-order chi connectivity index (χ0) is 14.4. The van der Waals surface area contributed by atoms with Crippen molar-refractivity contribution in [2.24, 2.45) is 11.7 Å². The molecule has 1 aliphatic heterocycles. The molecule has 0 saturated carbocycles. The average molecular weight is 371 g/mol. The van der Waals surface area contributed by atoms with Crippen molar-refractivity contribution in [3.63, 3.8) is 0 Å². The van der Waals surface area contributed by atoms with E-state index in [4.69, 9.17) is 10.5 Å². The monoisotopic (exact) mass is 370 g/mol. The minimum absolute atomic E-state index is 0. The molecule has 0 radical (unpaired) electrons. The van der Waals surface area contributed by atoms with Crippen LogP contribution in [0.3, 0.4) is 0 Å². The first-order chi connectivity index (χ1) is 9.69. The van der Waals surface area contributed by atoms with Gasteiger partial charge in [0.25, 0.3) is 5.91 Å². The van der Waals surface area contributed by atoms with Crippen molar-refractivity contribution < 1.29 is 9.53 Å². The van der Waals surface area contributed by atoms with Crippen molar-refractivity contribution in [3.05, 3.63) is 16.1 Å². The molecule has 1 saturated heterocycles. The molecule has 1 aromatic heterocycles. The molecule has 3 N–H and O–H groups in total. The molecule has 1 amide bonds. The first-order valence-corrected chi connectivity index (χ1v) is 7.79. The molecule has 1 unspecified atom stereocenters. The van der Waals surface area contributed by atoms with E-state index in [-0.39, 0.29) is 30.7 Å². The van der Waals surface area contributed by atoms with Crippen LogP contribution in [0.25, 0.3) is 0 Å². The molecule has 0 aliphatic carbocycles. The minimum atomic E-state index is -0.116. The molecule has 1 aliphatic rings. The molecule has 0 bridgehead atoms. The van der Waals surface area contributed by atoms with E-state index in [0.717, 1.165) is 37.9 Å². The Morgan fingerprint density at radius 2 is 2.18 bits per heavy atom. The number of nitrogens with zero attached hydrogens (tertiary/aromatic N) is 2. The molecule has 128 valence electrons. The molecule has 0 spiro atoms. The number of halogens is 2. The molecule has 2 heterocycles. The van der Waals surface area contributed by atoms with Crippen molar-refractivity contribution in [1.82, 2.24) is 15.2 Å². The fourth-order valence-corrected chi connectivity index (χ4v) is 2.81. The maximum absolute atomic E-state index is 11.9. The predicted octanol–water partition coefficient (Wildman–Crippen LogP) is 1.14. The summed E-state index contributed by atoms with van der Waals surface area (Å²) in [6.07, 6.45) is 0. The highest BCUT2D eigenvalue weighted by molar-refractivity contribution is 7.09. The van der Waals surface area contributed by atoms with Gasteiger partial charge in [0.1, 0.15) is 10.7 Å². The zero-order valence-electron chi connectivity index (χ0n) is 12.6. The number of aromatic nitrogens is 1. The molecular formula is C13H24Cl2N4O2S. The van der Waals surface area contributed by atoms with Crippen molar-refractivity contribution in [2.45, 2.75) is 13.5 Å². The van der Waals surface area contributed by atoms with Crippen molar-refractivity contribution >= 4 is 42.1 Å². The Kier molecular flexibility index (Phi) is 10.9. The summed E-state index contributed by atoms with van der Waals surface area (Å²) in [6, 6.07) is 0. The van der Waals surface area contributed by atoms with E-state index in [1.165, 1.54) is 11.3 Å². The Morgan fingerprint density at radius 1 is 1.50 bits per heavy atom. The normalized spacial score (nSPS) is 16.3. The third kappa shape index (κ3) is 6.76. The second kappa shape index (κ2) is 11.2. The Hall–Kier alpha value is -0.440. The number of carbonyl (C=O) groups is 1. The van der Waals surface area contributed by atoms with Crippen LogP contribution in [-0.2, 0) is 11.3 Å². The van der Waals surface area contributed by atoms with Gasteiger partial charge in [-0.1, -0.05) is 6.92 Å². The maximum atomic E-state index is 11.9. The van der Waals surface area contributed by atoms with Crippen LogP contribution in [0.5, 0.6) is 0 Å². The summed E-state index contributed by atoms with van der Waals surface area (Å²) in [4.78, 5) is 18.5. The number of ether oxygens (including phenoxy) is 1. The Morgan fingerprint density at radius 3 is 2.77 bits per heavy atom. The summed E-state index contributed by atoms with van der Waals surface area (Å²) in [5, 5.41) is 5.47. The fourth-order valence-electron chi connectivity index (χ4n) is 2.16. The molecule has 0 aromatic carbocycles. The number of hydrogen-bond acceptors (Lipinski definition) is 6. The van der Waals surface area contributed by atoms with E-state index in [0.29, 0.717) is 24.7 Å². The first kappa shape index (κ1) is 21.6. The van der Waals surface area contributed by atoms with Gasteiger partial charge >= 0.3 is 0 Å². The van der Waals surface area contributed by atoms with E-state index >= 15 is 0 Å². The topological polar surface area (TPSA) is 80.5 Å². The third-order valence-corrected chi connectivity index (χ3v) is 4.11. The summed E-state index contributed by atoms with van der Waals surface area (Å²) < 4.78 is 5.32. The van der Waals surface area contributed by atoms with E-state index in [2.05, 4.69) is 22.1 Å². The number of rotatable bonds is 6. The van der Waals surface area contributed by atoms with Crippen LogP contribution < -0.4 is 11.1 Å². The predicted molar refractivity (Wildman–Crippen MR) is 93.3 cm³/mol. The lowest BCUT2D eigenvalue weighted by molar-refractivity contribution is 0.0317. The van der Waals surface area contributed by atoms with Gasteiger partial charge in [0.15, 0.2) is 0 Å². The summed E-state index contributed by atoms with van der Waals surface area (Å²) in [5.41, 5.74) is 5.96. The quantitative estimate of drug-likeness (QED) is 0.784. The van der Waals surface area contributed by atoms with Gasteiger partial charge in [0, 0.05) is 38.1 Å². The van der Waals surface area contributed by atoms with Crippen LogP contribution >= 0.6 is 36.2 Å². The lowest BCUT2D eigenvalue weighted by Crippen LogP contribution is -2.41. The van der Waals surface area contributed by atoms with Gasteiger partial charge in [0.2, 0.25) is 0 Å². The number of carbonyl (C=O) groups excluding carboxylic acids is 1. The lowest BCUT2D eigenvalue weighted by Gasteiger charge is -2.29. The van der Waals surface area contributed by atoms with Gasteiger partial charge in [-0.25, -0.2) is 4.98 Å². The lowest BCUT2D eigenvalue weighted by atomic mass is 10.1. The van der Waals surface area contributed by atoms with Crippen molar-refractivity contribution in [1.29, 1.82) is 0 Å². The van der Waals surface area contributed by atoms with E-state index in [1.807, 2.05) is 0 Å². The maximum Gasteiger partial charge on any atom is 0.270 e. The van der Waals surface area contributed by atoms with Crippen LogP contribution in [0.1, 0.15) is 22.4 Å². The van der Waals surface area contributed by atoms with Crippen LogP contribution in [0, 0.1) is 5.92 Å². The number of nitrogens with one attached hydrogen (secondary N) is 1. The molecule has 2 rings (SSSR count). The average Bonchev–Trinajstić information content (AvgIpc) is 2.95. The highest BCUT2D eigenvalue weighted by atomic mass is 35.5. The SMILES string of the molecule is CC(CNC(=O)c1csc(CN)n1)CN1CCOCC1.Cl.Cl. The van der Waals surface area contributed by atoms with Crippen LogP contribution in [-0.4, -0.2) is 55.2 Å². The number of morpholine rings is 1. The molecule has 1 aromatic rings. The molecule has 1 atom stereocenters. The summed E-state index contributed by atoms with van der Waals surface area (Å²) in [6.45, 7) is 7.72. The number of thiazole rings is 1. The minimum Gasteiger partial charge on any atom is -0.379 e. The first-order valence-electron chi connectivity index (χ1n) is 6.92. The van der Waals surface area contributed by atoms with Crippen LogP contribution in [0.4, 0.5) is 0 Å². The Balaban J connectivity index is 0.00000220. The molecule has 6 nitrogen and oxygen atoms in total. The fraction of sp³-hybridized carbons (Fsp3) is 0.692. The second-order valence-electron chi connectivity index (χ2n) is 5.06. The largest absolute Gasteiger partial charge is 0.379 e. The highest BCUT2D eigenvalue weighted by Crippen LogP contribution is 2.09. The van der Waals surface area contributed by atoms with E-state index < -0.39 is 0 Å². The van der Waals surface area contributed by atoms with Crippen molar-refractivity contribution in [2.75, 3.05) is 39.4 Å². The van der Waals surface area contributed by atoms with Gasteiger partial charge in [-0.3, -0.25) is 9.69 Å². The number of hydrogen-bond donors (Lipinski definition) is 2. The number of nitrogens with two attached hydrogens (primary N) is 1. The van der Waals surface area contributed by atoms with E-state index in [9.17, 15) is 4.79 Å². The van der Waals surface area contributed by atoms with Crippen LogP contribution in [0.15, 0.2) is 5.38 Å². The number of amides is 1. The molecule has 22 heavy (non-hydrogen) atoms. The second-order valence-corrected chi connectivity index (χ2v) is 6.00. The van der Waals surface area contributed by atoms with Gasteiger partial charge < -0.3 is 15.8 Å². The standard InChI is InChI=1S/C13H22N4O2S.2ClH/c1-10(8-17-2-4-19-5-3-17)7-15-13(18)11-9-20-12(6-14)16-11;;/h9-10H,2-8,14H2,1H3,(H,15,18);2*1H. The summed E-state index contributed by atoms with van der Waals surface area (Å²) >= 11 is 1.42.